The SMILES string of the molecule is O=C(Nc1ccc2c(c1)OC(F)(F)O2)c1ccccc1-c1ccc(C(F)(F)F)cc1. The minimum Gasteiger partial charge on any atom is -0.395 e. The van der Waals surface area contributed by atoms with E-state index in [-0.39, 0.29) is 22.7 Å². The van der Waals surface area contributed by atoms with Crippen molar-refractivity contribution >= 4 is 11.6 Å². The first-order valence-corrected chi connectivity index (χ1v) is 8.60. The topological polar surface area (TPSA) is 47.6 Å². The van der Waals surface area contributed by atoms with Gasteiger partial charge in [-0.3, -0.25) is 4.79 Å². The number of nitrogens with one attached hydrogen (secondary N) is 1. The zero-order chi connectivity index (χ0) is 21.5. The lowest BCUT2D eigenvalue weighted by molar-refractivity contribution is -0.286. The van der Waals surface area contributed by atoms with Crippen LogP contribution in [0, 0.1) is 0 Å². The van der Waals surface area contributed by atoms with Crippen molar-refractivity contribution < 1.29 is 36.2 Å². The average molecular weight is 421 g/mol. The molecule has 1 aliphatic rings. The molecule has 0 aromatic heterocycles. The molecule has 0 radical (unpaired) electrons. The van der Waals surface area contributed by atoms with Crippen LogP contribution in [0.1, 0.15) is 15.9 Å². The number of rotatable bonds is 3. The third kappa shape index (κ3) is 3.91. The fraction of sp³-hybridized carbons (Fsp3) is 0.0952. The highest BCUT2D eigenvalue weighted by Crippen LogP contribution is 2.42. The Kier molecular flexibility index (Phi) is 4.60. The maximum atomic E-state index is 13.1. The molecule has 1 amide bonds. The van der Waals surface area contributed by atoms with E-state index in [0.29, 0.717) is 11.1 Å². The lowest BCUT2D eigenvalue weighted by Crippen LogP contribution is -2.25. The second-order valence-electron chi connectivity index (χ2n) is 6.40. The second kappa shape index (κ2) is 7.01. The summed E-state index contributed by atoms with van der Waals surface area (Å²) in [7, 11) is 0. The van der Waals surface area contributed by atoms with Gasteiger partial charge in [-0.2, -0.15) is 13.2 Å². The molecule has 30 heavy (non-hydrogen) atoms. The summed E-state index contributed by atoms with van der Waals surface area (Å²) in [4.78, 5) is 12.8. The zero-order valence-corrected chi connectivity index (χ0v) is 15.0. The quantitative estimate of drug-likeness (QED) is 0.532. The number of carbonyl (C=O) groups excluding carboxylic acids is 1. The van der Waals surface area contributed by atoms with Crippen molar-refractivity contribution in [2.75, 3.05) is 5.32 Å². The molecule has 1 aliphatic heterocycles. The van der Waals surface area contributed by atoms with Crippen LogP contribution in [0.4, 0.5) is 27.6 Å². The Morgan fingerprint density at radius 2 is 1.53 bits per heavy atom. The van der Waals surface area contributed by atoms with E-state index in [9.17, 15) is 26.7 Å². The minimum atomic E-state index is -4.47. The molecule has 0 aliphatic carbocycles. The average Bonchev–Trinajstić information content (AvgIpc) is 3.00. The van der Waals surface area contributed by atoms with Gasteiger partial charge in [0.25, 0.3) is 5.91 Å². The first-order chi connectivity index (χ1) is 14.1. The van der Waals surface area contributed by atoms with Gasteiger partial charge in [0.15, 0.2) is 11.5 Å². The van der Waals surface area contributed by atoms with Gasteiger partial charge in [-0.1, -0.05) is 30.3 Å². The second-order valence-corrected chi connectivity index (χ2v) is 6.40. The fourth-order valence-corrected chi connectivity index (χ4v) is 3.00. The van der Waals surface area contributed by atoms with Crippen LogP contribution in [0.15, 0.2) is 66.7 Å². The Balaban J connectivity index is 1.59. The monoisotopic (exact) mass is 421 g/mol. The van der Waals surface area contributed by atoms with E-state index in [1.807, 2.05) is 0 Å². The summed E-state index contributed by atoms with van der Waals surface area (Å²) >= 11 is 0. The summed E-state index contributed by atoms with van der Waals surface area (Å²) in [5.41, 5.74) is 0.406. The molecule has 1 N–H and O–H groups in total. The van der Waals surface area contributed by atoms with Gasteiger partial charge in [-0.25, -0.2) is 0 Å². The molecule has 0 spiro atoms. The van der Waals surface area contributed by atoms with Crippen LogP contribution in [0.2, 0.25) is 0 Å². The summed E-state index contributed by atoms with van der Waals surface area (Å²) in [6.07, 6.45) is -8.24. The van der Waals surface area contributed by atoms with E-state index in [1.54, 1.807) is 18.2 Å². The molecular weight excluding hydrogens is 409 g/mol. The van der Waals surface area contributed by atoms with E-state index in [0.717, 1.165) is 12.1 Å². The smallest absolute Gasteiger partial charge is 0.395 e. The van der Waals surface area contributed by atoms with E-state index < -0.39 is 23.9 Å². The number of amides is 1. The molecule has 0 atom stereocenters. The van der Waals surface area contributed by atoms with Gasteiger partial charge < -0.3 is 14.8 Å². The Hall–Kier alpha value is -3.62. The van der Waals surface area contributed by atoms with Crippen molar-refractivity contribution in [2.45, 2.75) is 12.5 Å². The summed E-state index contributed by atoms with van der Waals surface area (Å²) in [5.74, 6) is -0.965. The van der Waals surface area contributed by atoms with Crippen molar-refractivity contribution in [1.82, 2.24) is 0 Å². The number of hydrogen-bond donors (Lipinski definition) is 1. The number of carbonyl (C=O) groups is 1. The highest BCUT2D eigenvalue weighted by molar-refractivity contribution is 6.08. The summed E-state index contributed by atoms with van der Waals surface area (Å²) in [6, 6.07) is 14.5. The molecule has 4 rings (SSSR count). The molecule has 9 heteroatoms. The van der Waals surface area contributed by atoms with E-state index >= 15 is 0 Å². The van der Waals surface area contributed by atoms with E-state index in [2.05, 4.69) is 14.8 Å². The van der Waals surface area contributed by atoms with Gasteiger partial charge in [0.05, 0.1) is 5.56 Å². The van der Waals surface area contributed by atoms with Gasteiger partial charge in [0.2, 0.25) is 0 Å². The summed E-state index contributed by atoms with van der Waals surface area (Å²) < 4.78 is 73.3. The van der Waals surface area contributed by atoms with Crippen LogP contribution < -0.4 is 14.8 Å². The van der Waals surface area contributed by atoms with Crippen molar-refractivity contribution in [1.29, 1.82) is 0 Å². The Labute approximate surface area is 166 Å². The number of anilines is 1. The summed E-state index contributed by atoms with van der Waals surface area (Å²) in [6.45, 7) is 0. The lowest BCUT2D eigenvalue weighted by Gasteiger charge is -2.12. The molecule has 0 saturated heterocycles. The molecular formula is C21H12F5NO3. The predicted octanol–water partition coefficient (Wildman–Crippen LogP) is 5.95. The van der Waals surface area contributed by atoms with Crippen molar-refractivity contribution in [3.05, 3.63) is 77.9 Å². The van der Waals surface area contributed by atoms with Gasteiger partial charge in [-0.15, -0.1) is 8.78 Å². The Morgan fingerprint density at radius 1 is 0.867 bits per heavy atom. The number of ether oxygens (including phenoxy) is 2. The number of alkyl halides is 5. The van der Waals surface area contributed by atoms with Crippen LogP contribution in [0.25, 0.3) is 11.1 Å². The molecule has 1 heterocycles. The van der Waals surface area contributed by atoms with Crippen molar-refractivity contribution in [2.24, 2.45) is 0 Å². The van der Waals surface area contributed by atoms with Crippen LogP contribution in [0.3, 0.4) is 0 Å². The molecule has 0 fully saturated rings. The first kappa shape index (κ1) is 19.7. The van der Waals surface area contributed by atoms with Crippen LogP contribution in [0.5, 0.6) is 11.5 Å². The van der Waals surface area contributed by atoms with Gasteiger partial charge in [0, 0.05) is 17.3 Å². The number of hydrogen-bond acceptors (Lipinski definition) is 3. The van der Waals surface area contributed by atoms with Crippen LogP contribution in [-0.4, -0.2) is 12.2 Å². The zero-order valence-electron chi connectivity index (χ0n) is 15.0. The van der Waals surface area contributed by atoms with Gasteiger partial charge in [-0.05, 0) is 41.5 Å². The maximum absolute atomic E-state index is 13.1. The number of fused-ring (bicyclic) bond motifs is 1. The first-order valence-electron chi connectivity index (χ1n) is 8.60. The normalized spacial score (nSPS) is 14.4. The highest BCUT2D eigenvalue weighted by atomic mass is 19.4. The third-order valence-corrected chi connectivity index (χ3v) is 4.35. The van der Waals surface area contributed by atoms with Crippen molar-refractivity contribution in [3.8, 4) is 22.6 Å². The molecule has 3 aromatic rings. The molecule has 154 valence electrons. The van der Waals surface area contributed by atoms with E-state index in [1.165, 1.54) is 36.4 Å². The summed E-state index contributed by atoms with van der Waals surface area (Å²) in [5, 5.41) is 2.56. The molecule has 0 unspecified atom stereocenters. The Bertz CT molecular complexity index is 1110. The largest absolute Gasteiger partial charge is 0.586 e. The Morgan fingerprint density at radius 3 is 2.23 bits per heavy atom. The molecule has 3 aromatic carbocycles. The maximum Gasteiger partial charge on any atom is 0.586 e. The van der Waals surface area contributed by atoms with Gasteiger partial charge >= 0.3 is 12.5 Å². The van der Waals surface area contributed by atoms with Gasteiger partial charge in [0.1, 0.15) is 0 Å². The van der Waals surface area contributed by atoms with Crippen molar-refractivity contribution in [3.63, 3.8) is 0 Å². The third-order valence-electron chi connectivity index (χ3n) is 4.35. The highest BCUT2D eigenvalue weighted by Gasteiger charge is 2.43. The number of benzene rings is 3. The van der Waals surface area contributed by atoms with E-state index in [4.69, 9.17) is 0 Å². The molecule has 0 bridgehead atoms. The molecule has 0 saturated carbocycles. The standard InChI is InChI=1S/C21H12F5NO3/c22-20(23,24)13-7-5-12(6-8-13)15-3-1-2-4-16(15)19(28)27-14-9-10-17-18(11-14)30-21(25,26)29-17/h1-11H,(H,27,28). The lowest BCUT2D eigenvalue weighted by atomic mass is 9.98. The fourth-order valence-electron chi connectivity index (χ4n) is 3.00. The molecule has 4 nitrogen and oxygen atoms in total. The predicted molar refractivity (Wildman–Crippen MR) is 97.5 cm³/mol. The minimum absolute atomic E-state index is 0.164. The van der Waals surface area contributed by atoms with Crippen LogP contribution >= 0.6 is 0 Å². The van der Waals surface area contributed by atoms with Crippen LogP contribution in [-0.2, 0) is 6.18 Å². The number of halogens is 5.